The minimum atomic E-state index is -0.115. The zero-order valence-electron chi connectivity index (χ0n) is 19.8. The Morgan fingerprint density at radius 3 is 2.48 bits per heavy atom. The Kier molecular flexibility index (Phi) is 6.34. The molecule has 0 aromatic heterocycles. The van der Waals surface area contributed by atoms with Gasteiger partial charge in [-0.2, -0.15) is 0 Å². The first-order valence-electron chi connectivity index (χ1n) is 12.1. The Morgan fingerprint density at radius 2 is 1.81 bits per heavy atom. The molecule has 1 heterocycles. The summed E-state index contributed by atoms with van der Waals surface area (Å²) >= 11 is 0. The maximum absolute atomic E-state index is 13.2. The Bertz CT molecular complexity index is 804. The Morgan fingerprint density at radius 1 is 1.13 bits per heavy atom. The highest BCUT2D eigenvalue weighted by molar-refractivity contribution is 5.75. The van der Waals surface area contributed by atoms with Crippen LogP contribution in [0.2, 0.25) is 0 Å². The van der Waals surface area contributed by atoms with E-state index in [9.17, 15) is 4.79 Å². The molecule has 1 fully saturated rings. The average molecular weight is 425 g/mol. The minimum Gasteiger partial charge on any atom is -0.334 e. The Labute approximate surface area is 188 Å². The molecule has 2 aliphatic carbocycles. The minimum absolute atomic E-state index is 0.0220. The van der Waals surface area contributed by atoms with Crippen LogP contribution in [0.1, 0.15) is 84.6 Å². The fourth-order valence-electron chi connectivity index (χ4n) is 6.08. The van der Waals surface area contributed by atoms with Gasteiger partial charge in [-0.1, -0.05) is 70.9 Å². The van der Waals surface area contributed by atoms with Crippen molar-refractivity contribution in [1.82, 2.24) is 21.1 Å². The van der Waals surface area contributed by atoms with E-state index in [0.717, 1.165) is 19.4 Å². The molecule has 3 aliphatic rings. The molecule has 5 nitrogen and oxygen atoms in total. The van der Waals surface area contributed by atoms with Crippen LogP contribution in [0.3, 0.4) is 0 Å². The van der Waals surface area contributed by atoms with Crippen molar-refractivity contribution in [2.24, 2.45) is 10.8 Å². The van der Waals surface area contributed by atoms with Gasteiger partial charge >= 0.3 is 6.03 Å². The summed E-state index contributed by atoms with van der Waals surface area (Å²) in [6.07, 6.45) is 9.35. The van der Waals surface area contributed by atoms with Crippen LogP contribution in [-0.4, -0.2) is 23.2 Å². The van der Waals surface area contributed by atoms with E-state index in [2.05, 4.69) is 79.1 Å². The van der Waals surface area contributed by atoms with E-state index >= 15 is 0 Å². The zero-order valence-corrected chi connectivity index (χ0v) is 19.8. The first-order valence-corrected chi connectivity index (χ1v) is 12.1. The van der Waals surface area contributed by atoms with Gasteiger partial charge in [-0.15, -0.1) is 0 Å². The second-order valence-corrected chi connectivity index (χ2v) is 11.1. The lowest BCUT2D eigenvalue weighted by Gasteiger charge is -2.43. The van der Waals surface area contributed by atoms with Crippen LogP contribution >= 0.6 is 0 Å². The van der Waals surface area contributed by atoms with E-state index in [-0.39, 0.29) is 29.1 Å². The molecule has 1 aliphatic heterocycles. The van der Waals surface area contributed by atoms with Crippen LogP contribution < -0.4 is 16.1 Å². The molecular weight excluding hydrogens is 384 g/mol. The number of urea groups is 1. The van der Waals surface area contributed by atoms with Gasteiger partial charge in [0, 0.05) is 11.7 Å². The smallest absolute Gasteiger partial charge is 0.316 e. The summed E-state index contributed by atoms with van der Waals surface area (Å²) in [5.74, 6) is 0. The van der Waals surface area contributed by atoms with Gasteiger partial charge in [0.25, 0.3) is 0 Å². The number of amides is 2. The van der Waals surface area contributed by atoms with E-state index < -0.39 is 0 Å². The van der Waals surface area contributed by atoms with Crippen molar-refractivity contribution in [3.8, 4) is 0 Å². The Balaban J connectivity index is 1.45. The number of hydrogen-bond acceptors (Lipinski definition) is 3. The second-order valence-electron chi connectivity index (χ2n) is 11.1. The quantitative estimate of drug-likeness (QED) is 0.589. The molecule has 0 spiro atoms. The number of nitrogens with one attached hydrogen (secondary N) is 3. The summed E-state index contributed by atoms with van der Waals surface area (Å²) < 4.78 is 0. The monoisotopic (exact) mass is 424 g/mol. The van der Waals surface area contributed by atoms with Gasteiger partial charge in [-0.05, 0) is 60.5 Å². The van der Waals surface area contributed by atoms with E-state index in [4.69, 9.17) is 0 Å². The summed E-state index contributed by atoms with van der Waals surface area (Å²) in [4.78, 5) is 13.2. The molecule has 170 valence electrons. The first-order chi connectivity index (χ1) is 14.8. The SMILES string of the molecule is CC(C)(C)C(NC(=O)NC1NN(Cc2ccccc2)C2=C1CCCC2)C1(C)CCCC1. The van der Waals surface area contributed by atoms with Gasteiger partial charge < -0.3 is 15.6 Å². The highest BCUT2D eigenvalue weighted by Crippen LogP contribution is 2.46. The molecule has 1 aromatic carbocycles. The van der Waals surface area contributed by atoms with Gasteiger partial charge in [0.1, 0.15) is 6.17 Å². The highest BCUT2D eigenvalue weighted by Gasteiger charge is 2.44. The van der Waals surface area contributed by atoms with E-state index in [1.165, 1.54) is 55.4 Å². The molecule has 31 heavy (non-hydrogen) atoms. The molecule has 1 saturated carbocycles. The normalized spacial score (nSPS) is 24.1. The zero-order chi connectivity index (χ0) is 22.1. The molecule has 3 N–H and O–H groups in total. The number of allylic oxidation sites excluding steroid dienone is 1. The van der Waals surface area contributed by atoms with E-state index in [1.54, 1.807) is 0 Å². The van der Waals surface area contributed by atoms with Gasteiger partial charge in [0.05, 0.1) is 6.54 Å². The molecule has 5 heteroatoms. The van der Waals surface area contributed by atoms with Crippen molar-refractivity contribution < 1.29 is 4.79 Å². The molecule has 4 rings (SSSR count). The van der Waals surface area contributed by atoms with Crippen molar-refractivity contribution >= 4 is 6.03 Å². The molecule has 0 saturated heterocycles. The van der Waals surface area contributed by atoms with Crippen LogP contribution in [-0.2, 0) is 6.54 Å². The number of rotatable bonds is 5. The summed E-state index contributed by atoms with van der Waals surface area (Å²) in [5.41, 5.74) is 7.79. The largest absolute Gasteiger partial charge is 0.334 e. The lowest BCUT2D eigenvalue weighted by atomic mass is 9.69. The third-order valence-corrected chi connectivity index (χ3v) is 7.48. The first kappa shape index (κ1) is 22.2. The van der Waals surface area contributed by atoms with E-state index in [1.807, 2.05) is 0 Å². The van der Waals surface area contributed by atoms with Crippen molar-refractivity contribution in [2.45, 2.75) is 97.8 Å². The molecule has 2 atom stereocenters. The number of carbonyl (C=O) groups is 1. The molecule has 0 bridgehead atoms. The van der Waals surface area contributed by atoms with E-state index in [0.29, 0.717) is 0 Å². The van der Waals surface area contributed by atoms with Crippen LogP contribution in [0.15, 0.2) is 41.6 Å². The fraction of sp³-hybridized carbons (Fsp3) is 0.654. The number of carbonyl (C=O) groups excluding carboxylic acids is 1. The number of nitrogens with zero attached hydrogens (tertiary/aromatic N) is 1. The molecule has 2 amide bonds. The van der Waals surface area contributed by atoms with Crippen molar-refractivity contribution in [3.63, 3.8) is 0 Å². The van der Waals surface area contributed by atoms with Crippen LogP contribution in [0, 0.1) is 10.8 Å². The van der Waals surface area contributed by atoms with Crippen LogP contribution in [0.4, 0.5) is 4.79 Å². The summed E-state index contributed by atoms with van der Waals surface area (Å²) in [6.45, 7) is 9.92. The van der Waals surface area contributed by atoms with Gasteiger partial charge in [0.15, 0.2) is 0 Å². The van der Waals surface area contributed by atoms with Crippen LogP contribution in [0.25, 0.3) is 0 Å². The predicted molar refractivity (Wildman–Crippen MR) is 126 cm³/mol. The molecule has 2 unspecified atom stereocenters. The summed E-state index contributed by atoms with van der Waals surface area (Å²) in [7, 11) is 0. The number of hydrazine groups is 1. The molecular formula is C26H40N4O. The third kappa shape index (κ3) is 4.92. The predicted octanol–water partition coefficient (Wildman–Crippen LogP) is 5.46. The van der Waals surface area contributed by atoms with Crippen molar-refractivity contribution in [3.05, 3.63) is 47.2 Å². The molecule has 0 radical (unpaired) electrons. The summed E-state index contributed by atoms with van der Waals surface area (Å²) in [5, 5.41) is 8.93. The highest BCUT2D eigenvalue weighted by atomic mass is 16.2. The lowest BCUT2D eigenvalue weighted by molar-refractivity contribution is 0.116. The molecule has 1 aromatic rings. The van der Waals surface area contributed by atoms with Crippen molar-refractivity contribution in [2.75, 3.05) is 0 Å². The topological polar surface area (TPSA) is 56.4 Å². The summed E-state index contributed by atoms with van der Waals surface area (Å²) in [6, 6.07) is 10.6. The van der Waals surface area contributed by atoms with Crippen molar-refractivity contribution in [1.29, 1.82) is 0 Å². The third-order valence-electron chi connectivity index (χ3n) is 7.48. The van der Waals surface area contributed by atoms with Gasteiger partial charge in [0.2, 0.25) is 0 Å². The fourth-order valence-corrected chi connectivity index (χ4v) is 6.08. The number of benzene rings is 1. The van der Waals surface area contributed by atoms with Gasteiger partial charge in [-0.3, -0.25) is 0 Å². The second kappa shape index (κ2) is 8.85. The standard InChI is InChI=1S/C26H40N4O/c1-25(2,3)23(26(4)16-10-11-17-26)28-24(31)27-22-20-14-8-9-15-21(20)30(29-22)18-19-12-6-5-7-13-19/h5-7,12-13,22-23,29H,8-11,14-18H2,1-4H3,(H2,27,28,31). The lowest BCUT2D eigenvalue weighted by Crippen LogP contribution is -2.58. The maximum Gasteiger partial charge on any atom is 0.316 e. The maximum atomic E-state index is 13.2. The number of hydrogen-bond donors (Lipinski definition) is 3. The Hall–Kier alpha value is -2.01. The van der Waals surface area contributed by atoms with Crippen LogP contribution in [0.5, 0.6) is 0 Å². The van der Waals surface area contributed by atoms with Gasteiger partial charge in [-0.25, -0.2) is 10.2 Å². The average Bonchev–Trinajstić information content (AvgIpc) is 3.31.